The maximum Gasteiger partial charge on any atom is 0.239 e. The minimum Gasteiger partial charge on any atom is -0.365 e. The van der Waals surface area contributed by atoms with Crippen molar-refractivity contribution in [2.45, 2.75) is 6.54 Å². The lowest BCUT2D eigenvalue weighted by atomic mass is 10.2. The molecule has 0 saturated carbocycles. The number of benzene rings is 1. The van der Waals surface area contributed by atoms with Crippen LogP contribution in [0.4, 0.5) is 5.69 Å². The van der Waals surface area contributed by atoms with E-state index < -0.39 is 0 Å². The van der Waals surface area contributed by atoms with Crippen LogP contribution in [0, 0.1) is 0 Å². The van der Waals surface area contributed by atoms with E-state index in [1.807, 2.05) is 36.2 Å². The second-order valence-electron chi connectivity index (χ2n) is 3.40. The molecular weight excluding hydrogens is 190 g/mol. The summed E-state index contributed by atoms with van der Waals surface area (Å²) in [6.07, 6.45) is 0. The quantitative estimate of drug-likeness (QED) is 0.748. The van der Waals surface area contributed by atoms with Crippen LogP contribution in [-0.2, 0) is 11.3 Å². The Morgan fingerprint density at radius 2 is 2.00 bits per heavy atom. The van der Waals surface area contributed by atoms with Crippen LogP contribution in [0.2, 0.25) is 0 Å². The van der Waals surface area contributed by atoms with E-state index in [1.165, 1.54) is 0 Å². The molecular formula is C11H17N3O. The number of likely N-dealkylation sites (N-methyl/N-ethyl adjacent to an activating group) is 2. The average molecular weight is 207 g/mol. The van der Waals surface area contributed by atoms with Crippen LogP contribution in [0.3, 0.4) is 0 Å². The fraction of sp³-hybridized carbons (Fsp3) is 0.364. The van der Waals surface area contributed by atoms with Gasteiger partial charge in [0.2, 0.25) is 5.91 Å². The molecule has 0 unspecified atom stereocenters. The van der Waals surface area contributed by atoms with Gasteiger partial charge in [0.15, 0.2) is 0 Å². The van der Waals surface area contributed by atoms with Crippen molar-refractivity contribution in [2.24, 2.45) is 5.73 Å². The molecule has 0 aliphatic rings. The highest BCUT2D eigenvalue weighted by Gasteiger charge is 2.04. The number of rotatable bonds is 4. The molecule has 0 aliphatic heterocycles. The van der Waals surface area contributed by atoms with Crippen molar-refractivity contribution in [1.82, 2.24) is 5.32 Å². The highest BCUT2D eigenvalue weighted by molar-refractivity contribution is 5.80. The fourth-order valence-electron chi connectivity index (χ4n) is 1.27. The molecule has 0 radical (unpaired) electrons. The van der Waals surface area contributed by atoms with Gasteiger partial charge in [-0.25, -0.2) is 0 Å². The standard InChI is InChI=1S/C11H17N3O/c1-13-11(15)8-14(2)10-5-3-9(7-12)4-6-10/h3-6H,7-8,12H2,1-2H3,(H,13,15). The zero-order chi connectivity index (χ0) is 11.3. The van der Waals surface area contributed by atoms with Gasteiger partial charge in [0.05, 0.1) is 6.54 Å². The lowest BCUT2D eigenvalue weighted by molar-refractivity contribution is -0.119. The van der Waals surface area contributed by atoms with Crippen LogP contribution in [0.15, 0.2) is 24.3 Å². The molecule has 0 heterocycles. The first-order valence-corrected chi connectivity index (χ1v) is 4.88. The highest BCUT2D eigenvalue weighted by atomic mass is 16.1. The second-order valence-corrected chi connectivity index (χ2v) is 3.40. The molecule has 1 amide bonds. The molecule has 1 aromatic rings. The van der Waals surface area contributed by atoms with Gasteiger partial charge in [-0.2, -0.15) is 0 Å². The number of hydrogen-bond donors (Lipinski definition) is 2. The van der Waals surface area contributed by atoms with Crippen LogP contribution in [0.1, 0.15) is 5.56 Å². The van der Waals surface area contributed by atoms with Crippen molar-refractivity contribution in [2.75, 3.05) is 25.5 Å². The summed E-state index contributed by atoms with van der Waals surface area (Å²) in [6, 6.07) is 7.86. The van der Waals surface area contributed by atoms with Gasteiger partial charge < -0.3 is 16.0 Å². The number of anilines is 1. The number of amides is 1. The van der Waals surface area contributed by atoms with E-state index in [1.54, 1.807) is 7.05 Å². The number of nitrogens with zero attached hydrogens (tertiary/aromatic N) is 1. The predicted octanol–water partition coefficient (Wildman–Crippen LogP) is 0.328. The van der Waals surface area contributed by atoms with E-state index in [0.717, 1.165) is 11.3 Å². The van der Waals surface area contributed by atoms with Crippen LogP contribution in [-0.4, -0.2) is 26.5 Å². The summed E-state index contributed by atoms with van der Waals surface area (Å²) in [5.41, 5.74) is 7.60. The Bertz CT molecular complexity index is 321. The molecule has 4 nitrogen and oxygen atoms in total. The molecule has 0 aliphatic carbocycles. The van der Waals surface area contributed by atoms with Crippen LogP contribution in [0.5, 0.6) is 0 Å². The summed E-state index contributed by atoms with van der Waals surface area (Å²) < 4.78 is 0. The second kappa shape index (κ2) is 5.36. The van der Waals surface area contributed by atoms with E-state index in [-0.39, 0.29) is 5.91 Å². The minimum atomic E-state index is 0.000372. The van der Waals surface area contributed by atoms with Gasteiger partial charge in [-0.05, 0) is 17.7 Å². The third-order valence-corrected chi connectivity index (χ3v) is 2.27. The van der Waals surface area contributed by atoms with Gasteiger partial charge in [0, 0.05) is 26.3 Å². The van der Waals surface area contributed by atoms with Gasteiger partial charge in [-0.3, -0.25) is 4.79 Å². The Balaban J connectivity index is 2.65. The number of carbonyl (C=O) groups excluding carboxylic acids is 1. The zero-order valence-corrected chi connectivity index (χ0v) is 9.16. The molecule has 0 aromatic heterocycles. The van der Waals surface area contributed by atoms with Crippen LogP contribution < -0.4 is 16.0 Å². The lowest BCUT2D eigenvalue weighted by Crippen LogP contribution is -2.32. The Labute approximate surface area is 90.1 Å². The summed E-state index contributed by atoms with van der Waals surface area (Å²) in [5.74, 6) is 0.000372. The van der Waals surface area contributed by atoms with E-state index in [0.29, 0.717) is 13.1 Å². The smallest absolute Gasteiger partial charge is 0.239 e. The fourth-order valence-corrected chi connectivity index (χ4v) is 1.27. The molecule has 0 fully saturated rings. The maximum atomic E-state index is 11.1. The van der Waals surface area contributed by atoms with Crippen LogP contribution in [0.25, 0.3) is 0 Å². The van der Waals surface area contributed by atoms with Gasteiger partial charge in [-0.1, -0.05) is 12.1 Å². The molecule has 0 spiro atoms. The molecule has 0 atom stereocenters. The molecule has 82 valence electrons. The first-order valence-electron chi connectivity index (χ1n) is 4.88. The largest absolute Gasteiger partial charge is 0.365 e. The molecule has 0 bridgehead atoms. The molecule has 3 N–H and O–H groups in total. The van der Waals surface area contributed by atoms with Crippen LogP contribution >= 0.6 is 0 Å². The molecule has 1 aromatic carbocycles. The highest BCUT2D eigenvalue weighted by Crippen LogP contribution is 2.12. The first-order chi connectivity index (χ1) is 7.17. The van der Waals surface area contributed by atoms with Gasteiger partial charge >= 0.3 is 0 Å². The monoisotopic (exact) mass is 207 g/mol. The zero-order valence-electron chi connectivity index (χ0n) is 9.16. The Morgan fingerprint density at radius 1 is 1.40 bits per heavy atom. The normalized spacial score (nSPS) is 9.80. The summed E-state index contributed by atoms with van der Waals surface area (Å²) in [5, 5.41) is 2.59. The number of nitrogens with one attached hydrogen (secondary N) is 1. The Hall–Kier alpha value is -1.55. The van der Waals surface area contributed by atoms with Crippen molar-refractivity contribution in [3.05, 3.63) is 29.8 Å². The summed E-state index contributed by atoms with van der Waals surface area (Å²) in [7, 11) is 3.51. The van der Waals surface area contributed by atoms with E-state index in [9.17, 15) is 4.79 Å². The Kier molecular flexibility index (Phi) is 4.12. The third kappa shape index (κ3) is 3.25. The van der Waals surface area contributed by atoms with Crippen molar-refractivity contribution < 1.29 is 4.79 Å². The van der Waals surface area contributed by atoms with Crippen molar-refractivity contribution >= 4 is 11.6 Å². The van der Waals surface area contributed by atoms with Crippen molar-refractivity contribution in [1.29, 1.82) is 0 Å². The third-order valence-electron chi connectivity index (χ3n) is 2.27. The van der Waals surface area contributed by atoms with E-state index in [4.69, 9.17) is 5.73 Å². The minimum absolute atomic E-state index is 0.000372. The van der Waals surface area contributed by atoms with E-state index in [2.05, 4.69) is 5.32 Å². The predicted molar refractivity (Wildman–Crippen MR) is 61.7 cm³/mol. The van der Waals surface area contributed by atoms with Crippen molar-refractivity contribution in [3.63, 3.8) is 0 Å². The molecule has 15 heavy (non-hydrogen) atoms. The Morgan fingerprint density at radius 3 is 2.47 bits per heavy atom. The molecule has 1 rings (SSSR count). The number of nitrogens with two attached hydrogens (primary N) is 1. The first kappa shape index (κ1) is 11.5. The molecule has 4 heteroatoms. The topological polar surface area (TPSA) is 58.4 Å². The summed E-state index contributed by atoms with van der Waals surface area (Å²) in [4.78, 5) is 13.0. The molecule has 0 saturated heterocycles. The van der Waals surface area contributed by atoms with Crippen molar-refractivity contribution in [3.8, 4) is 0 Å². The maximum absolute atomic E-state index is 11.1. The van der Waals surface area contributed by atoms with Gasteiger partial charge in [0.25, 0.3) is 0 Å². The number of hydrogen-bond acceptors (Lipinski definition) is 3. The summed E-state index contributed by atoms with van der Waals surface area (Å²) >= 11 is 0. The van der Waals surface area contributed by atoms with Gasteiger partial charge in [0.1, 0.15) is 0 Å². The SMILES string of the molecule is CNC(=O)CN(C)c1ccc(CN)cc1. The summed E-state index contributed by atoms with van der Waals surface area (Å²) in [6.45, 7) is 0.901. The lowest BCUT2D eigenvalue weighted by Gasteiger charge is -2.18. The average Bonchev–Trinajstić information content (AvgIpc) is 2.29. The van der Waals surface area contributed by atoms with E-state index >= 15 is 0 Å². The number of carbonyl (C=O) groups is 1. The van der Waals surface area contributed by atoms with Gasteiger partial charge in [-0.15, -0.1) is 0 Å².